The van der Waals surface area contributed by atoms with E-state index < -0.39 is 17.4 Å². The molecule has 0 aromatic heterocycles. The molecule has 0 heterocycles. The molecule has 47 heavy (non-hydrogen) atoms. The number of hydrogen-bond acceptors (Lipinski definition) is 3. The van der Waals surface area contributed by atoms with Gasteiger partial charge in [0.1, 0.15) is 10.1 Å². The lowest BCUT2D eigenvalue weighted by Gasteiger charge is -2.28. The average Bonchev–Trinajstić information content (AvgIpc) is 3.07. The second-order valence-corrected chi connectivity index (χ2v) is 20.3. The maximum Gasteiger partial charge on any atom is 0.124 e. The first-order valence-electron chi connectivity index (χ1n) is 20.7. The quantitative estimate of drug-likeness (QED) is 0.0428. The van der Waals surface area contributed by atoms with Crippen LogP contribution in [0, 0.1) is 0 Å². The largest absolute Gasteiger partial charge is 0.744 e. The number of hydrogen-bond donors (Lipinski definition) is 0. The Hall–Kier alpha value is -0.440. The number of aryl methyl sites for hydroxylation is 1. The highest BCUT2D eigenvalue weighted by atomic mass is 32.2. The van der Waals surface area contributed by atoms with E-state index in [1.54, 1.807) is 49.3 Å². The van der Waals surface area contributed by atoms with Crippen LogP contribution in [0.2, 0.25) is 0 Å². The molecule has 0 unspecified atom stereocenters. The maximum atomic E-state index is 11.2. The summed E-state index contributed by atoms with van der Waals surface area (Å²) in [5.74, 6) is 0. The summed E-state index contributed by atoms with van der Waals surface area (Å²) in [7, 11) is -4.97. The number of benzene rings is 1. The van der Waals surface area contributed by atoms with E-state index in [9.17, 15) is 13.0 Å². The summed E-state index contributed by atoms with van der Waals surface area (Å²) < 4.78 is 33.5. The monoisotopic (exact) mass is 697 g/mol. The van der Waals surface area contributed by atoms with Crippen molar-refractivity contribution in [1.82, 2.24) is 0 Å². The summed E-state index contributed by atoms with van der Waals surface area (Å²) >= 11 is 0. The zero-order valence-corrected chi connectivity index (χ0v) is 34.0. The van der Waals surface area contributed by atoms with Crippen LogP contribution in [0.4, 0.5) is 0 Å². The van der Waals surface area contributed by atoms with E-state index in [2.05, 4.69) is 34.6 Å². The van der Waals surface area contributed by atoms with Crippen molar-refractivity contribution in [3.63, 3.8) is 0 Å². The molecule has 0 radical (unpaired) electrons. The SMILES string of the molecule is CCCCCCCCCCCC[P+](CCCC)(CCCC)CCCC.CCCCCCCCCCCCc1ccccc1S(=O)(=O)[O-]. The molecular weight excluding hydrogens is 616 g/mol. The van der Waals surface area contributed by atoms with Crippen LogP contribution < -0.4 is 0 Å². The normalized spacial score (nSPS) is 11.9. The molecule has 0 atom stereocenters. The third-order valence-corrected chi connectivity index (χ3v) is 16.0. The zero-order valence-electron chi connectivity index (χ0n) is 32.3. The van der Waals surface area contributed by atoms with Gasteiger partial charge in [0.05, 0.1) is 29.5 Å². The van der Waals surface area contributed by atoms with E-state index >= 15 is 0 Å². The third kappa shape index (κ3) is 27.0. The van der Waals surface area contributed by atoms with Gasteiger partial charge in [-0.3, -0.25) is 0 Å². The van der Waals surface area contributed by atoms with Crippen molar-refractivity contribution in [3.05, 3.63) is 29.8 Å². The van der Waals surface area contributed by atoms with Crippen molar-refractivity contribution in [1.29, 1.82) is 0 Å². The Bertz CT molecular complexity index is 879. The summed E-state index contributed by atoms with van der Waals surface area (Å²) in [5, 5.41) is 0. The Morgan fingerprint density at radius 3 is 1.15 bits per heavy atom. The molecule has 0 aliphatic carbocycles. The molecule has 0 aliphatic rings. The van der Waals surface area contributed by atoms with Crippen LogP contribution in [-0.4, -0.2) is 37.6 Å². The first kappa shape index (κ1) is 46.6. The Kier molecular flexibility index (Phi) is 32.4. The smallest absolute Gasteiger partial charge is 0.124 e. The molecule has 0 N–H and O–H groups in total. The van der Waals surface area contributed by atoms with Crippen LogP contribution in [-0.2, 0) is 16.5 Å². The minimum absolute atomic E-state index is 0.0501. The van der Waals surface area contributed by atoms with Gasteiger partial charge in [0, 0.05) is 7.26 Å². The molecule has 5 heteroatoms. The van der Waals surface area contributed by atoms with Crippen molar-refractivity contribution in [2.45, 2.75) is 213 Å². The van der Waals surface area contributed by atoms with Crippen molar-refractivity contribution in [2.75, 3.05) is 24.6 Å². The zero-order chi connectivity index (χ0) is 34.9. The van der Waals surface area contributed by atoms with Gasteiger partial charge in [0.2, 0.25) is 0 Å². The number of rotatable bonds is 32. The maximum absolute atomic E-state index is 11.2. The van der Waals surface area contributed by atoms with Crippen molar-refractivity contribution >= 4 is 17.4 Å². The molecule has 0 amide bonds. The fraction of sp³-hybridized carbons (Fsp3) is 0.857. The summed E-state index contributed by atoms with van der Waals surface area (Å²) in [6.45, 7) is 11.7. The predicted molar refractivity (Wildman–Crippen MR) is 213 cm³/mol. The second-order valence-electron chi connectivity index (χ2n) is 14.5. The van der Waals surface area contributed by atoms with Crippen LogP contribution in [0.25, 0.3) is 0 Å². The third-order valence-electron chi connectivity index (χ3n) is 9.99. The molecule has 0 spiro atoms. The second kappa shape index (κ2) is 32.7. The molecule has 1 rings (SSSR count). The highest BCUT2D eigenvalue weighted by Gasteiger charge is 2.34. The van der Waals surface area contributed by atoms with Gasteiger partial charge >= 0.3 is 0 Å². The lowest BCUT2D eigenvalue weighted by molar-refractivity contribution is 0.461. The molecule has 0 bridgehead atoms. The van der Waals surface area contributed by atoms with Gasteiger partial charge < -0.3 is 4.55 Å². The van der Waals surface area contributed by atoms with E-state index in [-0.39, 0.29) is 4.90 Å². The van der Waals surface area contributed by atoms with Gasteiger partial charge in [-0.25, -0.2) is 8.42 Å². The Balaban J connectivity index is 0.000000907. The van der Waals surface area contributed by atoms with Crippen LogP contribution in [0.1, 0.15) is 207 Å². The van der Waals surface area contributed by atoms with Gasteiger partial charge in [0.25, 0.3) is 0 Å². The first-order chi connectivity index (χ1) is 22.8. The van der Waals surface area contributed by atoms with Crippen molar-refractivity contribution in [2.24, 2.45) is 0 Å². The van der Waals surface area contributed by atoms with Crippen LogP contribution in [0.15, 0.2) is 29.2 Å². The molecule has 0 saturated carbocycles. The molecule has 0 aliphatic heterocycles. The summed E-state index contributed by atoms with van der Waals surface area (Å²) in [4.78, 5) is -0.0501. The van der Waals surface area contributed by atoms with E-state index in [0.29, 0.717) is 12.0 Å². The van der Waals surface area contributed by atoms with E-state index in [4.69, 9.17) is 0 Å². The molecular formula is C42H81O3PS. The fourth-order valence-corrected chi connectivity index (χ4v) is 12.8. The van der Waals surface area contributed by atoms with E-state index in [0.717, 1.165) is 12.8 Å². The topological polar surface area (TPSA) is 57.2 Å². The Labute approximate surface area is 296 Å². The van der Waals surface area contributed by atoms with Crippen molar-refractivity contribution in [3.8, 4) is 0 Å². The van der Waals surface area contributed by atoms with Crippen molar-refractivity contribution < 1.29 is 13.0 Å². The van der Waals surface area contributed by atoms with Crippen LogP contribution >= 0.6 is 7.26 Å². The van der Waals surface area contributed by atoms with Crippen LogP contribution in [0.5, 0.6) is 0 Å². The van der Waals surface area contributed by atoms with E-state index in [1.807, 2.05) is 0 Å². The standard InChI is InChI=1S/C24H52P.C18H30O3S/c1-5-9-13-14-15-16-17-18-19-20-24-25(21-10-6-2,22-11-7-3)23-12-8-4;1-2-3-4-5-6-7-8-9-10-11-14-17-15-12-13-16-18(17)22(19,20)21/h5-24H2,1-4H3;12-13,15-16H,2-11,14H2,1H3,(H,19,20,21)/q+1;/p-1. The molecule has 0 saturated heterocycles. The minimum Gasteiger partial charge on any atom is -0.744 e. The van der Waals surface area contributed by atoms with Gasteiger partial charge in [-0.15, -0.1) is 0 Å². The average molecular weight is 697 g/mol. The van der Waals surface area contributed by atoms with Crippen LogP contribution in [0.3, 0.4) is 0 Å². The summed E-state index contributed by atoms with van der Waals surface area (Å²) in [6.07, 6.45) is 43.1. The predicted octanol–water partition coefficient (Wildman–Crippen LogP) is 14.4. The van der Waals surface area contributed by atoms with E-state index in [1.165, 1.54) is 154 Å². The van der Waals surface area contributed by atoms with Gasteiger partial charge in [-0.1, -0.05) is 181 Å². The highest BCUT2D eigenvalue weighted by Crippen LogP contribution is 2.61. The molecule has 1 aromatic rings. The molecule has 0 fully saturated rings. The summed E-state index contributed by atoms with van der Waals surface area (Å²) in [5.41, 5.74) is 0.664. The summed E-state index contributed by atoms with van der Waals surface area (Å²) in [6, 6.07) is 6.56. The lowest BCUT2D eigenvalue weighted by atomic mass is 10.0. The number of unbranched alkanes of at least 4 members (excludes halogenated alkanes) is 21. The highest BCUT2D eigenvalue weighted by molar-refractivity contribution is 7.85. The van der Waals surface area contributed by atoms with Gasteiger partial charge in [0.15, 0.2) is 0 Å². The Morgan fingerprint density at radius 1 is 0.447 bits per heavy atom. The van der Waals surface area contributed by atoms with Gasteiger partial charge in [-0.05, 0) is 56.6 Å². The molecule has 278 valence electrons. The first-order valence-corrected chi connectivity index (χ1v) is 24.6. The lowest BCUT2D eigenvalue weighted by Crippen LogP contribution is -2.13. The Morgan fingerprint density at radius 2 is 0.766 bits per heavy atom. The molecule has 1 aromatic carbocycles. The molecule has 3 nitrogen and oxygen atoms in total. The fourth-order valence-electron chi connectivity index (χ4n) is 6.84. The minimum atomic E-state index is -4.35. The van der Waals surface area contributed by atoms with Gasteiger partial charge in [-0.2, -0.15) is 0 Å².